The Hall–Kier alpha value is -11.1. The summed E-state index contributed by atoms with van der Waals surface area (Å²) in [6, 6.07) is 60.5. The van der Waals surface area contributed by atoms with Crippen LogP contribution in [-0.4, -0.2) is 148 Å². The molecule has 0 radical (unpaired) electrons. The number of hydrogen-bond acceptors (Lipinski definition) is 25. The van der Waals surface area contributed by atoms with E-state index in [0.29, 0.717) is 65.7 Å². The van der Waals surface area contributed by atoms with E-state index >= 15 is 0 Å². The number of rotatable bonds is 13. The number of aliphatic carboxylic acids is 1. The molecular formula is C95H84Cl4N6O18S6. The number of ether oxygens (including phenoxy) is 8. The summed E-state index contributed by atoms with van der Waals surface area (Å²) < 4.78 is 58.2. The van der Waals surface area contributed by atoms with Gasteiger partial charge in [-0.2, -0.15) is 0 Å². The summed E-state index contributed by atoms with van der Waals surface area (Å²) >= 11 is 14.5. The number of aldehydes is 1. The SMILES string of the molecule is CC(=O)[C@H](N)Cc1csc2ccccc12.CC(=O)[C@H]1Cc2c(sc3ccccc23)[C@@H](c2ccc3c(c2)OCO3)N1.CC(=O)[C@H]1Cc2c(sc3ccccc23)[C@@H](c2ccc3c(c2)OCO3)N1C(=O)CCl.CN1CC(=O)N2[C@H](c3ccc4c(c3)OCO4)c3sc4ccccc4c3C[C@@H]2C1=O.Cl.N[C@H](Cc1csc2ccccc12)C(=O)O.O=Cc1ccc2c(c1)OCO2.O=S(Cl)Cl. The summed E-state index contributed by atoms with van der Waals surface area (Å²) in [5.74, 6) is 4.38. The van der Waals surface area contributed by atoms with Crippen LogP contribution in [0.15, 0.2) is 205 Å². The topological polar surface area (TPSA) is 321 Å². The van der Waals surface area contributed by atoms with Crippen molar-refractivity contribution in [2.45, 2.75) is 101 Å². The van der Waals surface area contributed by atoms with Crippen molar-refractivity contribution in [3.63, 3.8) is 0 Å². The lowest BCUT2D eigenvalue weighted by Gasteiger charge is -2.46. The van der Waals surface area contributed by atoms with Gasteiger partial charge < -0.3 is 69.2 Å². The smallest absolute Gasteiger partial charge is 0.320 e. The fourth-order valence-corrected chi connectivity index (χ4v) is 22.9. The Bertz CT molecular complexity index is 6550. The zero-order chi connectivity index (χ0) is 89.7. The Labute approximate surface area is 783 Å². The van der Waals surface area contributed by atoms with Crippen molar-refractivity contribution < 1.29 is 85.6 Å². The third-order valence-electron chi connectivity index (χ3n) is 23.0. The maximum Gasteiger partial charge on any atom is 0.320 e. The molecular weight excluding hydrogens is 1850 g/mol. The van der Waals surface area contributed by atoms with Gasteiger partial charge in [-0.05, 0) is 207 Å². The maximum absolute atomic E-state index is 13.1. The van der Waals surface area contributed by atoms with E-state index in [0.717, 1.165) is 77.2 Å². The number of likely N-dealkylation sites (N-methyl/N-ethyl adjacent to an activating group) is 1. The van der Waals surface area contributed by atoms with Gasteiger partial charge in [0.25, 0.3) is 0 Å². The van der Waals surface area contributed by atoms with E-state index in [1.165, 1.54) is 63.4 Å². The summed E-state index contributed by atoms with van der Waals surface area (Å²) in [5.41, 5.74) is 20.6. The second-order valence-electron chi connectivity index (χ2n) is 30.9. The zero-order valence-electron chi connectivity index (χ0n) is 69.5. The summed E-state index contributed by atoms with van der Waals surface area (Å²) in [6.07, 6.45) is 3.60. The van der Waals surface area contributed by atoms with Crippen LogP contribution < -0.4 is 54.7 Å². The number of carbonyl (C=O) groups is 8. The van der Waals surface area contributed by atoms with Crippen LogP contribution in [0.2, 0.25) is 0 Å². The average molecular weight is 1930 g/mol. The van der Waals surface area contributed by atoms with Gasteiger partial charge in [0, 0.05) is 84.9 Å². The predicted molar refractivity (Wildman–Crippen MR) is 508 cm³/mol. The minimum Gasteiger partial charge on any atom is -0.480 e. The van der Waals surface area contributed by atoms with E-state index in [4.69, 9.17) is 70.3 Å². The molecule has 5 aromatic heterocycles. The number of halogens is 4. The summed E-state index contributed by atoms with van der Waals surface area (Å²) in [7, 11) is 9.06. The third-order valence-corrected chi connectivity index (χ3v) is 29.0. The van der Waals surface area contributed by atoms with Crippen LogP contribution >= 0.6 is 102 Å². The molecule has 34 heteroatoms. The molecule has 14 aromatic rings. The lowest BCUT2D eigenvalue weighted by atomic mass is 9.87. The van der Waals surface area contributed by atoms with Crippen LogP contribution in [0, 0.1) is 0 Å². The minimum atomic E-state index is -1.67. The lowest BCUT2D eigenvalue weighted by Crippen LogP contribution is -2.61. The Kier molecular flexibility index (Phi) is 29.4. The van der Waals surface area contributed by atoms with Gasteiger partial charge in [-0.15, -0.1) is 80.7 Å². The Morgan fingerprint density at radius 1 is 0.519 bits per heavy atom. The normalized spacial score (nSPS) is 18.1. The molecule has 9 aromatic carbocycles. The number of thiophene rings is 5. The van der Waals surface area contributed by atoms with E-state index < -0.39 is 39.4 Å². The summed E-state index contributed by atoms with van der Waals surface area (Å²) in [5, 5.41) is 22.3. The van der Waals surface area contributed by atoms with E-state index in [1.807, 2.05) is 115 Å². The number of carboxylic acids is 1. The molecule has 1 saturated heterocycles. The highest BCUT2D eigenvalue weighted by Gasteiger charge is 2.49. The molecule has 1 fully saturated rings. The summed E-state index contributed by atoms with van der Waals surface area (Å²) in [6.45, 7) is 5.74. The van der Waals surface area contributed by atoms with Gasteiger partial charge >= 0.3 is 5.97 Å². The number of nitrogens with two attached hydrogens (primary N) is 2. The van der Waals surface area contributed by atoms with E-state index in [9.17, 15) is 38.4 Å². The van der Waals surface area contributed by atoms with Crippen molar-refractivity contribution in [2.75, 3.05) is 46.6 Å². The second kappa shape index (κ2) is 40.9. The molecule has 666 valence electrons. The first-order valence-electron chi connectivity index (χ1n) is 40.5. The summed E-state index contributed by atoms with van der Waals surface area (Å²) in [4.78, 5) is 104. The Morgan fingerprint density at radius 2 is 0.922 bits per heavy atom. The van der Waals surface area contributed by atoms with Gasteiger partial charge in [-0.3, -0.25) is 43.7 Å². The second-order valence-corrected chi connectivity index (χ2v) is 38.8. The third kappa shape index (κ3) is 20.0. The van der Waals surface area contributed by atoms with Gasteiger partial charge in [0.2, 0.25) is 54.1 Å². The van der Waals surface area contributed by atoms with Gasteiger partial charge in [-0.1, -0.05) is 109 Å². The van der Waals surface area contributed by atoms with Crippen molar-refractivity contribution in [2.24, 2.45) is 11.5 Å². The number of carbonyl (C=O) groups excluding carboxylic acids is 7. The minimum absolute atomic E-state index is 0. The van der Waals surface area contributed by atoms with Gasteiger partial charge in [0.05, 0.1) is 42.8 Å². The highest BCUT2D eigenvalue weighted by Crippen LogP contribution is 2.52. The molecule has 0 bridgehead atoms. The van der Waals surface area contributed by atoms with Crippen LogP contribution in [0.1, 0.15) is 108 Å². The molecule has 13 heterocycles. The van der Waals surface area contributed by atoms with Gasteiger partial charge in [-0.25, -0.2) is 4.21 Å². The standard InChI is InChI=1S/C22H18ClNO4S.C22H18N2O4S.C20H17NO3S.C12H13NOS.C11H11NO2S.C8H6O3.Cl2OS.ClH/c1-12(25)16-9-15-14-4-2-3-5-19(14)29-22(15)21(24(16)20(26)10-23)13-6-7-17-18(8-13)28-11-27-17;1-23-10-19(25)24-15(22(23)26)9-14-13-4-2-3-5-18(13)29-21(14)20(24)12-6-7-16-17(8-12)28-11-27-16;1-11(22)15-9-14-13-4-2-3-5-18(13)25-20(14)19(21-15)12-6-7-16-17(8-12)24-10-23-16;1-8(14)11(13)6-9-7-15-12-5-3-2-4-10(9)12;12-9(11(13)14)5-7-6-15-10-4-2-1-3-8(7)10;9-4-6-1-2-7-8(3-6)11-5-10-7;1-4(2)3;/h2-8,16,21H,9-11H2,1H3;2-8,15,20H,9-11H2,1H3;2-8,15,19,21H,9-10H2,1H3;2-5,7,11H,6,13H2,1H3;1-4,6,9H,5,12H2,(H,13,14);1-4H,5H2;;1H/t16-,21-;15-,20-;15-,19-;11-;9-;;;/m11111.../s1. The number of nitrogens with one attached hydrogen (secondary N) is 1. The van der Waals surface area contributed by atoms with Crippen molar-refractivity contribution in [3.05, 3.63) is 270 Å². The number of alkyl halides is 1. The number of fused-ring (bicyclic) bond motifs is 16. The van der Waals surface area contributed by atoms with Crippen molar-refractivity contribution in [1.29, 1.82) is 0 Å². The molecule has 0 aliphatic carbocycles. The quantitative estimate of drug-likeness (QED) is 0.0473. The first-order chi connectivity index (χ1) is 61.9. The van der Waals surface area contributed by atoms with Crippen LogP contribution in [0.25, 0.3) is 50.4 Å². The number of piperazine rings is 1. The molecule has 8 aliphatic rings. The first-order valence-corrected chi connectivity index (χ1v) is 48.1. The molecule has 3 amide bonds. The maximum atomic E-state index is 13.1. The Morgan fingerprint density at radius 3 is 1.39 bits per heavy atom. The predicted octanol–water partition coefficient (Wildman–Crippen LogP) is 18.0. The highest BCUT2D eigenvalue weighted by atomic mass is 36.0. The molecule has 0 unspecified atom stereocenters. The Balaban J connectivity index is 0.000000121. The molecule has 8 atom stereocenters. The average Bonchev–Trinajstić information content (AvgIpc) is 1.60. The van der Waals surface area contributed by atoms with Gasteiger partial charge in [0.1, 0.15) is 35.8 Å². The molecule has 6 N–H and O–H groups in total. The van der Waals surface area contributed by atoms with Crippen molar-refractivity contribution in [1.82, 2.24) is 20.0 Å². The fourth-order valence-electron chi connectivity index (χ4n) is 16.7. The van der Waals surface area contributed by atoms with E-state index in [2.05, 4.69) is 98.8 Å². The van der Waals surface area contributed by atoms with Crippen LogP contribution in [0.3, 0.4) is 0 Å². The van der Waals surface area contributed by atoms with E-state index in [-0.39, 0.29) is 111 Å². The number of benzene rings is 9. The zero-order valence-corrected chi connectivity index (χ0v) is 77.5. The van der Waals surface area contributed by atoms with Gasteiger partial charge in [0.15, 0.2) is 51.8 Å². The van der Waals surface area contributed by atoms with Crippen LogP contribution in [0.4, 0.5) is 0 Å². The number of nitrogens with zero attached hydrogens (tertiary/aromatic N) is 3. The van der Waals surface area contributed by atoms with E-state index in [1.54, 1.807) is 110 Å². The van der Waals surface area contributed by atoms with Crippen molar-refractivity contribution >= 4 is 209 Å². The molecule has 0 spiro atoms. The van der Waals surface area contributed by atoms with Crippen molar-refractivity contribution in [3.8, 4) is 46.0 Å². The highest BCUT2D eigenvalue weighted by molar-refractivity contribution is 8.26. The molecule has 129 heavy (non-hydrogen) atoms. The number of hydrogen-bond donors (Lipinski definition) is 4. The number of Topliss-reactive ketones (excluding diaryl/α,β-unsaturated/α-hetero) is 3. The largest absolute Gasteiger partial charge is 0.480 e. The monoisotopic (exact) mass is 1930 g/mol. The lowest BCUT2D eigenvalue weighted by molar-refractivity contribution is -0.157. The molecule has 0 saturated carbocycles. The number of amides is 3. The van der Waals surface area contributed by atoms with Crippen LogP contribution in [-0.2, 0) is 74.9 Å². The first kappa shape index (κ1) is 92.6. The molecule has 22 rings (SSSR count). The number of carboxylic acid groups (broad SMARTS) is 1. The molecule has 24 nitrogen and oxygen atoms in total. The van der Waals surface area contributed by atoms with Crippen LogP contribution in [0.5, 0.6) is 46.0 Å². The number of ketones is 3. The fraction of sp³-hybridized carbons (Fsp3) is 0.242. The molecule has 8 aliphatic heterocycles.